The third-order valence-electron chi connectivity index (χ3n) is 6.12. The summed E-state index contributed by atoms with van der Waals surface area (Å²) >= 11 is 0. The molecule has 3 aromatic rings. The minimum atomic E-state index is -0.146. The van der Waals surface area contributed by atoms with E-state index >= 15 is 0 Å². The van der Waals surface area contributed by atoms with E-state index in [1.54, 1.807) is 11.6 Å². The first-order valence-corrected chi connectivity index (χ1v) is 11.2. The Labute approximate surface area is 189 Å². The topological polar surface area (TPSA) is 58.4 Å². The van der Waals surface area contributed by atoms with Crippen LogP contribution in [-0.2, 0) is 18.3 Å². The van der Waals surface area contributed by atoms with Crippen molar-refractivity contribution in [3.05, 3.63) is 77.6 Å². The molecule has 2 atom stereocenters. The summed E-state index contributed by atoms with van der Waals surface area (Å²) in [7, 11) is 1.82. The van der Waals surface area contributed by atoms with Gasteiger partial charge in [-0.2, -0.15) is 5.10 Å². The predicted molar refractivity (Wildman–Crippen MR) is 127 cm³/mol. The summed E-state index contributed by atoms with van der Waals surface area (Å²) in [4.78, 5) is 30.1. The molecular formula is C26H30N4O2. The lowest BCUT2D eigenvalue weighted by atomic mass is 9.89. The van der Waals surface area contributed by atoms with E-state index in [0.717, 1.165) is 35.5 Å². The number of hydrogen-bond donors (Lipinski definition) is 0. The van der Waals surface area contributed by atoms with E-state index in [1.807, 2.05) is 84.4 Å². The van der Waals surface area contributed by atoms with Crippen LogP contribution in [0.5, 0.6) is 0 Å². The molecule has 32 heavy (non-hydrogen) atoms. The van der Waals surface area contributed by atoms with Gasteiger partial charge in [-0.05, 0) is 49.6 Å². The van der Waals surface area contributed by atoms with Crippen molar-refractivity contribution in [3.8, 4) is 0 Å². The van der Waals surface area contributed by atoms with Gasteiger partial charge in [0.2, 0.25) is 5.91 Å². The summed E-state index contributed by atoms with van der Waals surface area (Å²) in [5.74, 6) is -0.0753. The summed E-state index contributed by atoms with van der Waals surface area (Å²) in [6.07, 6.45) is 2.48. The Hall–Kier alpha value is -3.41. The second-order valence-electron chi connectivity index (χ2n) is 8.45. The van der Waals surface area contributed by atoms with Gasteiger partial charge in [0.05, 0.1) is 11.7 Å². The smallest absolute Gasteiger partial charge is 0.276 e. The van der Waals surface area contributed by atoms with Crippen molar-refractivity contribution in [3.63, 3.8) is 0 Å². The van der Waals surface area contributed by atoms with Crippen molar-refractivity contribution in [2.24, 2.45) is 7.05 Å². The fourth-order valence-corrected chi connectivity index (χ4v) is 4.73. The van der Waals surface area contributed by atoms with Crippen LogP contribution in [-0.4, -0.2) is 27.6 Å². The normalized spacial score (nSPS) is 17.7. The number of para-hydroxylation sites is 2. The first-order chi connectivity index (χ1) is 15.4. The number of hydrogen-bond acceptors (Lipinski definition) is 3. The molecule has 2 amide bonds. The van der Waals surface area contributed by atoms with Gasteiger partial charge in [-0.1, -0.05) is 49.7 Å². The minimum absolute atomic E-state index is 0.0150. The van der Waals surface area contributed by atoms with Gasteiger partial charge in [-0.3, -0.25) is 14.3 Å². The largest absolute Gasteiger partial charge is 0.305 e. The maximum atomic E-state index is 13.7. The number of amides is 2. The van der Waals surface area contributed by atoms with Gasteiger partial charge in [0, 0.05) is 31.4 Å². The van der Waals surface area contributed by atoms with Crippen LogP contribution in [0.2, 0.25) is 0 Å². The zero-order valence-electron chi connectivity index (χ0n) is 19.2. The van der Waals surface area contributed by atoms with Crippen LogP contribution in [0, 0.1) is 0 Å². The Morgan fingerprint density at radius 1 is 1.09 bits per heavy atom. The van der Waals surface area contributed by atoms with E-state index in [4.69, 9.17) is 0 Å². The number of aromatic nitrogens is 2. The van der Waals surface area contributed by atoms with E-state index in [2.05, 4.69) is 12.0 Å². The van der Waals surface area contributed by atoms with E-state index in [1.165, 1.54) is 0 Å². The lowest BCUT2D eigenvalue weighted by Crippen LogP contribution is -2.47. The Morgan fingerprint density at radius 2 is 1.78 bits per heavy atom. The molecule has 2 aromatic carbocycles. The van der Waals surface area contributed by atoms with E-state index < -0.39 is 0 Å². The summed E-state index contributed by atoms with van der Waals surface area (Å²) in [5, 5.41) is 4.52. The SMILES string of the molecule is CCCc1cc(C(=O)N2c3ccccc3[C@H](N(C(C)=O)c3ccccc3)C[C@@H]2C)n(C)n1. The van der Waals surface area contributed by atoms with Gasteiger partial charge in [0.25, 0.3) is 5.91 Å². The average Bonchev–Trinajstić information content (AvgIpc) is 3.14. The van der Waals surface area contributed by atoms with Crippen LogP contribution >= 0.6 is 0 Å². The number of carbonyl (C=O) groups is 2. The van der Waals surface area contributed by atoms with Crippen molar-refractivity contribution in [1.82, 2.24) is 9.78 Å². The molecule has 4 rings (SSSR count). The van der Waals surface area contributed by atoms with Crippen molar-refractivity contribution < 1.29 is 9.59 Å². The molecule has 0 unspecified atom stereocenters. The Balaban J connectivity index is 1.76. The highest BCUT2D eigenvalue weighted by molar-refractivity contribution is 6.06. The van der Waals surface area contributed by atoms with Gasteiger partial charge in [-0.15, -0.1) is 0 Å². The fourth-order valence-electron chi connectivity index (χ4n) is 4.73. The van der Waals surface area contributed by atoms with Crippen molar-refractivity contribution in [2.75, 3.05) is 9.80 Å². The Bertz CT molecular complexity index is 1120. The van der Waals surface area contributed by atoms with Crippen LogP contribution in [0.15, 0.2) is 60.7 Å². The molecule has 0 radical (unpaired) electrons. The maximum Gasteiger partial charge on any atom is 0.276 e. The maximum absolute atomic E-state index is 13.7. The van der Waals surface area contributed by atoms with Crippen LogP contribution in [0.3, 0.4) is 0 Å². The molecule has 1 aromatic heterocycles. The zero-order chi connectivity index (χ0) is 22.8. The standard InChI is InChI=1S/C26H30N4O2/c1-5-11-20-17-25(28(4)27-20)26(32)29-18(2)16-24(22-14-9-10-15-23(22)29)30(19(3)31)21-12-7-6-8-13-21/h6-10,12-15,17-18,24H,5,11,16H2,1-4H3/t18-,24+/m0/s1. The van der Waals surface area contributed by atoms with Crippen LogP contribution < -0.4 is 9.80 Å². The molecule has 0 saturated carbocycles. The van der Waals surface area contributed by atoms with Crippen LogP contribution in [0.1, 0.15) is 61.4 Å². The third-order valence-corrected chi connectivity index (χ3v) is 6.12. The summed E-state index contributed by atoms with van der Waals surface area (Å²) in [6.45, 7) is 5.75. The summed E-state index contributed by atoms with van der Waals surface area (Å²) in [6, 6.07) is 19.3. The summed E-state index contributed by atoms with van der Waals surface area (Å²) < 4.78 is 1.68. The molecule has 6 heteroatoms. The molecule has 0 bridgehead atoms. The third kappa shape index (κ3) is 3.93. The summed E-state index contributed by atoms with van der Waals surface area (Å²) in [5.41, 5.74) is 4.21. The van der Waals surface area contributed by atoms with Gasteiger partial charge < -0.3 is 9.80 Å². The average molecular weight is 431 g/mol. The van der Waals surface area contributed by atoms with Gasteiger partial charge in [0.15, 0.2) is 0 Å². The Kier molecular flexibility index (Phi) is 6.12. The van der Waals surface area contributed by atoms with E-state index in [0.29, 0.717) is 12.1 Å². The number of aryl methyl sites for hydroxylation is 2. The highest BCUT2D eigenvalue weighted by Gasteiger charge is 2.38. The van der Waals surface area contributed by atoms with Gasteiger partial charge in [-0.25, -0.2) is 0 Å². The molecule has 0 aliphatic carbocycles. The molecule has 1 aliphatic rings. The number of nitrogens with zero attached hydrogens (tertiary/aromatic N) is 4. The first kappa shape index (κ1) is 21.8. The van der Waals surface area contributed by atoms with E-state index in [-0.39, 0.29) is 23.9 Å². The lowest BCUT2D eigenvalue weighted by Gasteiger charge is -2.43. The number of carbonyl (C=O) groups excluding carboxylic acids is 2. The minimum Gasteiger partial charge on any atom is -0.305 e. The zero-order valence-corrected chi connectivity index (χ0v) is 19.2. The quantitative estimate of drug-likeness (QED) is 0.578. The fraction of sp³-hybridized carbons (Fsp3) is 0.346. The molecule has 0 spiro atoms. The number of benzene rings is 2. The van der Waals surface area contributed by atoms with Gasteiger partial charge in [0.1, 0.15) is 5.69 Å². The second-order valence-corrected chi connectivity index (χ2v) is 8.45. The van der Waals surface area contributed by atoms with E-state index in [9.17, 15) is 9.59 Å². The number of anilines is 2. The highest BCUT2D eigenvalue weighted by atomic mass is 16.2. The molecule has 166 valence electrons. The molecule has 1 aliphatic heterocycles. The second kappa shape index (κ2) is 8.99. The molecule has 0 fully saturated rings. The van der Waals surface area contributed by atoms with Crippen molar-refractivity contribution in [1.29, 1.82) is 0 Å². The number of rotatable bonds is 5. The predicted octanol–water partition coefficient (Wildman–Crippen LogP) is 4.91. The molecule has 2 heterocycles. The lowest BCUT2D eigenvalue weighted by molar-refractivity contribution is -0.117. The Morgan fingerprint density at radius 3 is 2.47 bits per heavy atom. The van der Waals surface area contributed by atoms with Crippen LogP contribution in [0.4, 0.5) is 11.4 Å². The van der Waals surface area contributed by atoms with Gasteiger partial charge >= 0.3 is 0 Å². The van der Waals surface area contributed by atoms with Crippen molar-refractivity contribution >= 4 is 23.2 Å². The monoisotopic (exact) mass is 430 g/mol. The highest BCUT2D eigenvalue weighted by Crippen LogP contribution is 2.42. The van der Waals surface area contributed by atoms with Crippen molar-refractivity contribution in [2.45, 2.75) is 52.1 Å². The van der Waals surface area contributed by atoms with Crippen LogP contribution in [0.25, 0.3) is 0 Å². The molecule has 0 saturated heterocycles. The first-order valence-electron chi connectivity index (χ1n) is 11.2. The molecular weight excluding hydrogens is 400 g/mol. The molecule has 0 N–H and O–H groups in total. The number of fused-ring (bicyclic) bond motifs is 1. The molecule has 6 nitrogen and oxygen atoms in total.